The normalized spacial score (nSPS) is 25.1. The van der Waals surface area contributed by atoms with Crippen LogP contribution in [-0.4, -0.2) is 22.9 Å². The highest BCUT2D eigenvalue weighted by atomic mass is 79.9. The summed E-state index contributed by atoms with van der Waals surface area (Å²) in [4.78, 5) is 6.98. The zero-order valence-electron chi connectivity index (χ0n) is 9.58. The molecule has 1 fully saturated rings. The van der Waals surface area contributed by atoms with Crippen molar-refractivity contribution in [3.05, 3.63) is 22.3 Å². The standard InChI is InChI=1S/C12H16Br2N2/c1-8-3-4-16(11(8)6-13)12-9(2)5-10(14)7-15-12/h5,7-8,11H,3-4,6H2,1-2H3. The summed E-state index contributed by atoms with van der Waals surface area (Å²) in [5.41, 5.74) is 1.24. The number of hydrogen-bond acceptors (Lipinski definition) is 2. The maximum absolute atomic E-state index is 4.55. The van der Waals surface area contributed by atoms with Crippen molar-refractivity contribution >= 4 is 37.7 Å². The van der Waals surface area contributed by atoms with Crippen LogP contribution < -0.4 is 4.90 Å². The summed E-state index contributed by atoms with van der Waals surface area (Å²) in [6.45, 7) is 5.56. The number of alkyl halides is 1. The maximum Gasteiger partial charge on any atom is 0.131 e. The summed E-state index contributed by atoms with van der Waals surface area (Å²) in [5, 5.41) is 1.02. The summed E-state index contributed by atoms with van der Waals surface area (Å²) < 4.78 is 1.05. The number of anilines is 1. The minimum atomic E-state index is 0.576. The van der Waals surface area contributed by atoms with E-state index in [4.69, 9.17) is 0 Å². The second-order valence-electron chi connectivity index (χ2n) is 4.48. The molecule has 0 aliphatic carbocycles. The number of aryl methyl sites for hydroxylation is 1. The van der Waals surface area contributed by atoms with E-state index in [9.17, 15) is 0 Å². The van der Waals surface area contributed by atoms with E-state index >= 15 is 0 Å². The Balaban J connectivity index is 2.30. The predicted molar refractivity (Wildman–Crippen MR) is 75.4 cm³/mol. The van der Waals surface area contributed by atoms with Crippen molar-refractivity contribution in [1.29, 1.82) is 0 Å². The van der Waals surface area contributed by atoms with Crippen molar-refractivity contribution in [3.8, 4) is 0 Å². The number of aromatic nitrogens is 1. The average molecular weight is 348 g/mol. The number of rotatable bonds is 2. The lowest BCUT2D eigenvalue weighted by Gasteiger charge is -2.27. The Morgan fingerprint density at radius 2 is 2.31 bits per heavy atom. The summed E-state index contributed by atoms with van der Waals surface area (Å²) >= 11 is 7.07. The van der Waals surface area contributed by atoms with Crippen LogP contribution in [0, 0.1) is 12.8 Å². The molecule has 88 valence electrons. The Kier molecular flexibility index (Phi) is 3.90. The van der Waals surface area contributed by atoms with E-state index in [0.29, 0.717) is 6.04 Å². The van der Waals surface area contributed by atoms with Gasteiger partial charge in [0.15, 0.2) is 0 Å². The largest absolute Gasteiger partial charge is 0.352 e. The lowest BCUT2D eigenvalue weighted by atomic mass is 10.1. The molecule has 0 spiro atoms. The quantitative estimate of drug-likeness (QED) is 0.757. The van der Waals surface area contributed by atoms with Gasteiger partial charge in [0.05, 0.1) is 0 Å². The fourth-order valence-electron chi connectivity index (χ4n) is 2.34. The number of nitrogens with zero attached hydrogens (tertiary/aromatic N) is 2. The van der Waals surface area contributed by atoms with Gasteiger partial charge in [0.1, 0.15) is 5.82 Å². The average Bonchev–Trinajstić information content (AvgIpc) is 2.59. The van der Waals surface area contributed by atoms with Gasteiger partial charge in [-0.1, -0.05) is 22.9 Å². The molecule has 2 unspecified atom stereocenters. The van der Waals surface area contributed by atoms with Gasteiger partial charge in [0.25, 0.3) is 0 Å². The number of hydrogen-bond donors (Lipinski definition) is 0. The second kappa shape index (κ2) is 5.05. The zero-order chi connectivity index (χ0) is 11.7. The van der Waals surface area contributed by atoms with Crippen molar-refractivity contribution in [1.82, 2.24) is 4.98 Å². The molecule has 1 aliphatic heterocycles. The molecule has 0 bridgehead atoms. The van der Waals surface area contributed by atoms with Gasteiger partial charge in [-0.15, -0.1) is 0 Å². The molecule has 0 N–H and O–H groups in total. The number of pyridine rings is 1. The van der Waals surface area contributed by atoms with E-state index in [1.54, 1.807) is 0 Å². The Bertz CT molecular complexity index is 381. The van der Waals surface area contributed by atoms with Gasteiger partial charge in [0, 0.05) is 28.6 Å². The molecule has 0 aromatic carbocycles. The first-order valence-electron chi connectivity index (χ1n) is 5.58. The third-order valence-electron chi connectivity index (χ3n) is 3.33. The highest BCUT2D eigenvalue weighted by molar-refractivity contribution is 9.10. The van der Waals surface area contributed by atoms with Crippen LogP contribution in [0.4, 0.5) is 5.82 Å². The van der Waals surface area contributed by atoms with E-state index in [0.717, 1.165) is 28.1 Å². The van der Waals surface area contributed by atoms with Crippen LogP contribution in [0.3, 0.4) is 0 Å². The maximum atomic E-state index is 4.55. The van der Waals surface area contributed by atoms with Gasteiger partial charge in [-0.3, -0.25) is 0 Å². The van der Waals surface area contributed by atoms with Crippen LogP contribution in [0.5, 0.6) is 0 Å². The predicted octanol–water partition coefficient (Wildman–Crippen LogP) is 3.76. The minimum absolute atomic E-state index is 0.576. The van der Waals surface area contributed by atoms with Crippen molar-refractivity contribution < 1.29 is 0 Å². The Morgan fingerprint density at radius 1 is 1.56 bits per heavy atom. The van der Waals surface area contributed by atoms with E-state index in [1.165, 1.54) is 12.0 Å². The van der Waals surface area contributed by atoms with Gasteiger partial charge in [0.2, 0.25) is 0 Å². The van der Waals surface area contributed by atoms with Gasteiger partial charge < -0.3 is 4.90 Å². The van der Waals surface area contributed by atoms with Crippen LogP contribution in [0.25, 0.3) is 0 Å². The Morgan fingerprint density at radius 3 is 2.94 bits per heavy atom. The third-order valence-corrected chi connectivity index (χ3v) is 4.43. The van der Waals surface area contributed by atoms with Crippen LogP contribution in [0.1, 0.15) is 18.9 Å². The van der Waals surface area contributed by atoms with Crippen molar-refractivity contribution in [2.75, 3.05) is 16.8 Å². The molecule has 16 heavy (non-hydrogen) atoms. The molecule has 2 atom stereocenters. The van der Waals surface area contributed by atoms with Crippen LogP contribution in [0.2, 0.25) is 0 Å². The molecule has 0 radical (unpaired) electrons. The van der Waals surface area contributed by atoms with E-state index in [2.05, 4.69) is 61.7 Å². The summed E-state index contributed by atoms with van der Waals surface area (Å²) in [6.07, 6.45) is 3.14. The topological polar surface area (TPSA) is 16.1 Å². The summed E-state index contributed by atoms with van der Waals surface area (Å²) in [5.74, 6) is 1.88. The fraction of sp³-hybridized carbons (Fsp3) is 0.583. The molecule has 1 aromatic heterocycles. The first kappa shape index (κ1) is 12.4. The Hall–Kier alpha value is -0.0900. The second-order valence-corrected chi connectivity index (χ2v) is 6.04. The molecule has 0 saturated carbocycles. The van der Waals surface area contributed by atoms with Gasteiger partial charge in [-0.25, -0.2) is 4.98 Å². The van der Waals surface area contributed by atoms with Gasteiger partial charge in [-0.2, -0.15) is 0 Å². The SMILES string of the molecule is Cc1cc(Br)cnc1N1CCC(C)C1CBr. The molecule has 1 aromatic rings. The summed E-state index contributed by atoms with van der Waals surface area (Å²) in [7, 11) is 0. The summed E-state index contributed by atoms with van der Waals surface area (Å²) in [6, 6.07) is 2.71. The molecule has 1 aliphatic rings. The van der Waals surface area contributed by atoms with Gasteiger partial charge in [-0.05, 0) is 46.8 Å². The number of halogens is 2. The minimum Gasteiger partial charge on any atom is -0.352 e. The molecule has 2 nitrogen and oxygen atoms in total. The Labute approximate surface area is 114 Å². The first-order chi connectivity index (χ1) is 7.63. The lowest BCUT2D eigenvalue weighted by Crippen LogP contribution is -2.34. The van der Waals surface area contributed by atoms with Crippen molar-refractivity contribution in [3.63, 3.8) is 0 Å². The first-order valence-corrected chi connectivity index (χ1v) is 7.49. The van der Waals surface area contributed by atoms with Crippen LogP contribution >= 0.6 is 31.9 Å². The van der Waals surface area contributed by atoms with Crippen molar-refractivity contribution in [2.24, 2.45) is 5.92 Å². The zero-order valence-corrected chi connectivity index (χ0v) is 12.8. The molecular weight excluding hydrogens is 332 g/mol. The van der Waals surface area contributed by atoms with Crippen LogP contribution in [-0.2, 0) is 0 Å². The third kappa shape index (κ3) is 2.28. The molecule has 0 amide bonds. The molecule has 1 saturated heterocycles. The molecule has 4 heteroatoms. The highest BCUT2D eigenvalue weighted by Crippen LogP contribution is 2.31. The van der Waals surface area contributed by atoms with E-state index < -0.39 is 0 Å². The molecular formula is C12H16Br2N2. The van der Waals surface area contributed by atoms with Crippen molar-refractivity contribution in [2.45, 2.75) is 26.3 Å². The van der Waals surface area contributed by atoms with Gasteiger partial charge >= 0.3 is 0 Å². The van der Waals surface area contributed by atoms with Crippen LogP contribution in [0.15, 0.2) is 16.7 Å². The highest BCUT2D eigenvalue weighted by Gasteiger charge is 2.31. The molecule has 2 heterocycles. The lowest BCUT2D eigenvalue weighted by molar-refractivity contribution is 0.552. The molecule has 2 rings (SSSR count). The van der Waals surface area contributed by atoms with E-state index in [-0.39, 0.29) is 0 Å². The smallest absolute Gasteiger partial charge is 0.131 e. The monoisotopic (exact) mass is 346 g/mol. The van der Waals surface area contributed by atoms with E-state index in [1.807, 2.05) is 6.20 Å². The fourth-order valence-corrected chi connectivity index (χ4v) is 3.77.